The number of nitrogens with one attached hydrogen (secondary N) is 2. The molecule has 0 amide bonds. The van der Waals surface area contributed by atoms with Gasteiger partial charge in [-0.15, -0.1) is 0 Å². The highest BCUT2D eigenvalue weighted by atomic mass is 19.4. The lowest BCUT2D eigenvalue weighted by Crippen LogP contribution is -2.25. The molecule has 0 saturated heterocycles. The Kier molecular flexibility index (Phi) is 4.31. The van der Waals surface area contributed by atoms with Gasteiger partial charge in [-0.05, 0) is 18.6 Å². The average Bonchev–Trinajstić information content (AvgIpc) is 2.29. The number of para-hydroxylation sites is 1. The third-order valence-electron chi connectivity index (χ3n) is 2.33. The number of aryl methyl sites for hydroxylation is 1. The number of aliphatic carboxylic acids is 1. The fourth-order valence-electron chi connectivity index (χ4n) is 1.38. The lowest BCUT2D eigenvalue weighted by atomic mass is 10.1. The normalized spacial score (nSPS) is 12.6. The van der Waals surface area contributed by atoms with Gasteiger partial charge >= 0.3 is 12.1 Å². The van der Waals surface area contributed by atoms with Gasteiger partial charge in [0.15, 0.2) is 0 Å². The smallest absolute Gasteiger partial charge is 0.432 e. The highest BCUT2D eigenvalue weighted by Crippen LogP contribution is 2.30. The van der Waals surface area contributed by atoms with Crippen molar-refractivity contribution in [2.24, 2.45) is 0 Å². The quantitative estimate of drug-likeness (QED) is 0.582. The van der Waals surface area contributed by atoms with E-state index < -0.39 is 23.4 Å². The van der Waals surface area contributed by atoms with Gasteiger partial charge in [0.1, 0.15) is 11.3 Å². The molecule has 7 heteroatoms. The number of halogens is 3. The Morgan fingerprint density at radius 1 is 1.37 bits per heavy atom. The summed E-state index contributed by atoms with van der Waals surface area (Å²) in [5.41, 5.74) is -1.95. The van der Waals surface area contributed by atoms with Gasteiger partial charge in [0.2, 0.25) is 0 Å². The topological polar surface area (TPSA) is 73.2 Å². The number of hydrogen-bond donors (Lipinski definition) is 3. The molecule has 0 aliphatic rings. The summed E-state index contributed by atoms with van der Waals surface area (Å²) in [6.07, 6.45) is -4.73. The lowest BCUT2D eigenvalue weighted by Gasteiger charge is -2.17. The number of carbonyl (C=O) groups is 1. The SMILES string of the molecule is Cc1ccccc1N/C(=C(\C=N)C(=O)O)C(F)(F)F. The Balaban J connectivity index is 3.33. The fraction of sp³-hybridized carbons (Fsp3) is 0.167. The van der Waals surface area contributed by atoms with Crippen molar-refractivity contribution in [1.29, 1.82) is 5.41 Å². The summed E-state index contributed by atoms with van der Waals surface area (Å²) in [6.45, 7) is 1.58. The van der Waals surface area contributed by atoms with Crippen LogP contribution in [0.25, 0.3) is 0 Å². The molecule has 0 aromatic heterocycles. The minimum absolute atomic E-state index is 0.135. The van der Waals surface area contributed by atoms with E-state index >= 15 is 0 Å². The van der Waals surface area contributed by atoms with Crippen molar-refractivity contribution in [3.63, 3.8) is 0 Å². The molecule has 0 spiro atoms. The van der Waals surface area contributed by atoms with Crippen LogP contribution in [0.3, 0.4) is 0 Å². The molecule has 102 valence electrons. The maximum absolute atomic E-state index is 12.8. The van der Waals surface area contributed by atoms with Crippen LogP contribution in [-0.4, -0.2) is 23.5 Å². The summed E-state index contributed by atoms with van der Waals surface area (Å²) < 4.78 is 38.5. The Bertz CT molecular complexity index is 536. The maximum Gasteiger partial charge on any atom is 0.432 e. The zero-order chi connectivity index (χ0) is 14.6. The van der Waals surface area contributed by atoms with E-state index in [0.717, 1.165) is 0 Å². The van der Waals surface area contributed by atoms with Gasteiger partial charge in [-0.1, -0.05) is 18.2 Å². The van der Waals surface area contributed by atoms with Crippen molar-refractivity contribution >= 4 is 17.9 Å². The molecule has 4 nitrogen and oxygen atoms in total. The van der Waals surface area contributed by atoms with Crippen LogP contribution in [0.5, 0.6) is 0 Å². The molecule has 0 unspecified atom stereocenters. The molecule has 1 aromatic rings. The van der Waals surface area contributed by atoms with Crippen LogP contribution in [0.15, 0.2) is 35.5 Å². The highest BCUT2D eigenvalue weighted by molar-refractivity contribution is 6.09. The number of anilines is 1. The second-order valence-corrected chi connectivity index (χ2v) is 3.68. The monoisotopic (exact) mass is 272 g/mol. The number of rotatable bonds is 4. The van der Waals surface area contributed by atoms with Crippen molar-refractivity contribution in [3.05, 3.63) is 41.1 Å². The van der Waals surface area contributed by atoms with E-state index in [9.17, 15) is 18.0 Å². The molecule has 0 heterocycles. The molecule has 0 bridgehead atoms. The number of hydrogen-bond acceptors (Lipinski definition) is 3. The third-order valence-corrected chi connectivity index (χ3v) is 2.33. The Hall–Kier alpha value is -2.31. The van der Waals surface area contributed by atoms with E-state index in [-0.39, 0.29) is 11.9 Å². The first-order valence-corrected chi connectivity index (χ1v) is 5.15. The van der Waals surface area contributed by atoms with E-state index in [1.165, 1.54) is 12.1 Å². The molecule has 1 rings (SSSR count). The van der Waals surface area contributed by atoms with Crippen LogP contribution in [0.2, 0.25) is 0 Å². The van der Waals surface area contributed by atoms with Crippen molar-refractivity contribution in [2.45, 2.75) is 13.1 Å². The molecule has 0 aliphatic carbocycles. The Labute approximate surface area is 107 Å². The summed E-state index contributed by atoms with van der Waals surface area (Å²) in [4.78, 5) is 10.7. The second-order valence-electron chi connectivity index (χ2n) is 3.68. The van der Waals surface area contributed by atoms with Crippen LogP contribution in [0.1, 0.15) is 5.56 Å². The van der Waals surface area contributed by atoms with Crippen LogP contribution < -0.4 is 5.32 Å². The molecule has 0 aliphatic heterocycles. The third kappa shape index (κ3) is 3.57. The molecule has 0 atom stereocenters. The first-order valence-electron chi connectivity index (χ1n) is 5.15. The molecule has 0 saturated carbocycles. The number of allylic oxidation sites excluding steroid dienone is 1. The summed E-state index contributed by atoms with van der Waals surface area (Å²) >= 11 is 0. The summed E-state index contributed by atoms with van der Waals surface area (Å²) in [6, 6.07) is 6.14. The summed E-state index contributed by atoms with van der Waals surface area (Å²) in [5, 5.41) is 17.6. The van der Waals surface area contributed by atoms with Gasteiger partial charge in [-0.3, -0.25) is 0 Å². The predicted octanol–water partition coefficient (Wildman–Crippen LogP) is 2.96. The molecular formula is C12H11F3N2O2. The first-order chi connectivity index (χ1) is 8.77. The predicted molar refractivity (Wildman–Crippen MR) is 64.3 cm³/mol. The molecule has 19 heavy (non-hydrogen) atoms. The van der Waals surface area contributed by atoms with Gasteiger partial charge in [0.05, 0.1) is 0 Å². The van der Waals surface area contributed by atoms with Crippen molar-refractivity contribution in [1.82, 2.24) is 0 Å². The van der Waals surface area contributed by atoms with Crippen LogP contribution in [-0.2, 0) is 4.79 Å². The van der Waals surface area contributed by atoms with Gasteiger partial charge in [-0.2, -0.15) is 13.2 Å². The molecule has 0 fully saturated rings. The fourth-order valence-corrected chi connectivity index (χ4v) is 1.38. The second kappa shape index (κ2) is 5.55. The van der Waals surface area contributed by atoms with Crippen molar-refractivity contribution in [2.75, 3.05) is 5.32 Å². The van der Waals surface area contributed by atoms with Crippen molar-refractivity contribution < 1.29 is 23.1 Å². The molecule has 1 aromatic carbocycles. The van der Waals surface area contributed by atoms with Crippen molar-refractivity contribution in [3.8, 4) is 0 Å². The zero-order valence-electron chi connectivity index (χ0n) is 9.88. The number of carboxylic acids is 1. The zero-order valence-corrected chi connectivity index (χ0v) is 9.88. The lowest BCUT2D eigenvalue weighted by molar-refractivity contribution is -0.133. The molecule has 3 N–H and O–H groups in total. The van der Waals surface area contributed by atoms with Gasteiger partial charge in [0.25, 0.3) is 0 Å². The van der Waals surface area contributed by atoms with E-state index in [2.05, 4.69) is 0 Å². The average molecular weight is 272 g/mol. The Morgan fingerprint density at radius 2 is 1.95 bits per heavy atom. The molecule has 0 radical (unpaired) electrons. The number of carboxylic acid groups (broad SMARTS) is 1. The highest BCUT2D eigenvalue weighted by Gasteiger charge is 2.38. The summed E-state index contributed by atoms with van der Waals surface area (Å²) in [7, 11) is 0. The standard InChI is InChI=1S/C12H11F3N2O2/c1-7-4-2-3-5-9(7)17-10(12(13,14)15)8(6-16)11(18)19/h2-6,16-17H,1H3,(H,18,19)/b10-8+,16-6?. The van der Waals surface area contributed by atoms with E-state index in [1.54, 1.807) is 19.1 Å². The van der Waals surface area contributed by atoms with Crippen LogP contribution >= 0.6 is 0 Å². The van der Waals surface area contributed by atoms with E-state index in [4.69, 9.17) is 10.5 Å². The minimum Gasteiger partial charge on any atom is -0.478 e. The molecular weight excluding hydrogens is 261 g/mol. The van der Waals surface area contributed by atoms with Crippen LogP contribution in [0, 0.1) is 12.3 Å². The first kappa shape index (κ1) is 14.7. The van der Waals surface area contributed by atoms with E-state index in [1.807, 2.05) is 5.32 Å². The van der Waals surface area contributed by atoms with E-state index in [0.29, 0.717) is 5.56 Å². The minimum atomic E-state index is -4.90. The number of alkyl halides is 3. The van der Waals surface area contributed by atoms with Gasteiger partial charge in [-0.25, -0.2) is 4.79 Å². The Morgan fingerprint density at radius 3 is 2.37 bits per heavy atom. The van der Waals surface area contributed by atoms with Crippen LogP contribution in [0.4, 0.5) is 18.9 Å². The van der Waals surface area contributed by atoms with Gasteiger partial charge in [0, 0.05) is 11.9 Å². The maximum atomic E-state index is 12.8. The number of benzene rings is 1. The van der Waals surface area contributed by atoms with Gasteiger partial charge < -0.3 is 15.8 Å². The largest absolute Gasteiger partial charge is 0.478 e. The summed E-state index contributed by atoms with van der Waals surface area (Å²) in [5.74, 6) is -1.82.